The third kappa shape index (κ3) is 4.17. The van der Waals surface area contributed by atoms with Gasteiger partial charge < -0.3 is 0 Å². The Kier molecular flexibility index (Phi) is 5.22. The quantitative estimate of drug-likeness (QED) is 0.537. The Hall–Kier alpha value is -2.09. The van der Waals surface area contributed by atoms with Gasteiger partial charge in [0.25, 0.3) is 5.91 Å². The van der Waals surface area contributed by atoms with Crippen LogP contribution in [0, 0.1) is 0 Å². The lowest BCUT2D eigenvalue weighted by Gasteiger charge is -2.07. The molecule has 0 saturated heterocycles. The molecule has 2 aromatic carbocycles. The van der Waals surface area contributed by atoms with Gasteiger partial charge in [0.15, 0.2) is 5.13 Å². The normalized spacial score (nSPS) is 11.4. The van der Waals surface area contributed by atoms with Gasteiger partial charge in [-0.2, -0.15) is 13.2 Å². The molecule has 0 aliphatic rings. The van der Waals surface area contributed by atoms with Crippen LogP contribution in [0.2, 0.25) is 10.0 Å². The van der Waals surface area contributed by atoms with Crippen LogP contribution in [0.25, 0.3) is 11.3 Å². The minimum Gasteiger partial charge on any atom is -0.298 e. The van der Waals surface area contributed by atoms with Crippen molar-refractivity contribution in [1.82, 2.24) is 4.98 Å². The number of nitrogens with one attached hydrogen (secondary N) is 1. The van der Waals surface area contributed by atoms with E-state index in [-0.39, 0.29) is 15.7 Å². The summed E-state index contributed by atoms with van der Waals surface area (Å²) in [6.45, 7) is 0. The highest BCUT2D eigenvalue weighted by Crippen LogP contribution is 2.33. The number of hydrogen-bond acceptors (Lipinski definition) is 3. The van der Waals surface area contributed by atoms with Crippen LogP contribution in [0.4, 0.5) is 18.3 Å². The zero-order chi connectivity index (χ0) is 18.9. The molecule has 0 fully saturated rings. The number of alkyl halides is 3. The van der Waals surface area contributed by atoms with Crippen molar-refractivity contribution in [2.24, 2.45) is 0 Å². The van der Waals surface area contributed by atoms with Crippen molar-refractivity contribution in [3.8, 4) is 11.3 Å². The first-order valence-corrected chi connectivity index (χ1v) is 8.77. The molecule has 0 spiro atoms. The van der Waals surface area contributed by atoms with Crippen molar-refractivity contribution in [3.63, 3.8) is 0 Å². The van der Waals surface area contributed by atoms with Gasteiger partial charge in [0.1, 0.15) is 0 Å². The summed E-state index contributed by atoms with van der Waals surface area (Å²) < 4.78 is 38.5. The molecule has 1 N–H and O–H groups in total. The fourth-order valence-corrected chi connectivity index (χ4v) is 3.24. The molecule has 1 aromatic heterocycles. The number of thiazole rings is 1. The van der Waals surface area contributed by atoms with Gasteiger partial charge in [-0.15, -0.1) is 11.3 Å². The van der Waals surface area contributed by atoms with Gasteiger partial charge in [-0.05, 0) is 30.3 Å². The molecular formula is C17H9Cl2F3N2OS. The number of nitrogens with zero attached hydrogens (tertiary/aromatic N) is 1. The van der Waals surface area contributed by atoms with E-state index in [1.807, 2.05) is 0 Å². The van der Waals surface area contributed by atoms with Crippen LogP contribution in [0.15, 0.2) is 47.8 Å². The summed E-state index contributed by atoms with van der Waals surface area (Å²) in [5.41, 5.74) is 0.0419. The van der Waals surface area contributed by atoms with Gasteiger partial charge in [0.2, 0.25) is 0 Å². The summed E-state index contributed by atoms with van der Waals surface area (Å²) >= 11 is 12.9. The van der Waals surface area contributed by atoms with E-state index < -0.39 is 17.6 Å². The van der Waals surface area contributed by atoms with Crippen LogP contribution >= 0.6 is 34.5 Å². The fourth-order valence-electron chi connectivity index (χ4n) is 2.15. The van der Waals surface area contributed by atoms with E-state index in [0.29, 0.717) is 16.3 Å². The Morgan fingerprint density at radius 1 is 1.12 bits per heavy atom. The number of rotatable bonds is 3. The van der Waals surface area contributed by atoms with E-state index in [1.54, 1.807) is 11.4 Å². The largest absolute Gasteiger partial charge is 0.416 e. The Bertz CT molecular complexity index is 973. The number of carbonyl (C=O) groups excluding carboxylic acids is 1. The molecule has 0 saturated carbocycles. The van der Waals surface area contributed by atoms with Gasteiger partial charge in [-0.1, -0.05) is 35.3 Å². The van der Waals surface area contributed by atoms with Crippen LogP contribution in [0.5, 0.6) is 0 Å². The predicted molar refractivity (Wildman–Crippen MR) is 97.0 cm³/mol. The number of hydrogen-bond donors (Lipinski definition) is 1. The molecule has 0 radical (unpaired) electrons. The Labute approximate surface area is 160 Å². The number of anilines is 1. The van der Waals surface area contributed by atoms with Crippen molar-refractivity contribution >= 4 is 45.6 Å². The van der Waals surface area contributed by atoms with Gasteiger partial charge in [0, 0.05) is 16.0 Å². The topological polar surface area (TPSA) is 42.0 Å². The molecule has 26 heavy (non-hydrogen) atoms. The monoisotopic (exact) mass is 416 g/mol. The summed E-state index contributed by atoms with van der Waals surface area (Å²) in [6, 6.07) is 9.28. The molecule has 0 bridgehead atoms. The highest BCUT2D eigenvalue weighted by molar-refractivity contribution is 7.14. The lowest BCUT2D eigenvalue weighted by atomic mass is 10.1. The van der Waals surface area contributed by atoms with Gasteiger partial charge >= 0.3 is 6.18 Å². The molecule has 134 valence electrons. The van der Waals surface area contributed by atoms with Crippen LogP contribution in [0.3, 0.4) is 0 Å². The fraction of sp³-hybridized carbons (Fsp3) is 0.0588. The zero-order valence-corrected chi connectivity index (χ0v) is 15.1. The predicted octanol–water partition coefficient (Wildman–Crippen LogP) is 6.39. The van der Waals surface area contributed by atoms with E-state index in [1.165, 1.54) is 24.3 Å². The van der Waals surface area contributed by atoms with Gasteiger partial charge in [0.05, 0.1) is 21.8 Å². The van der Waals surface area contributed by atoms with Crippen molar-refractivity contribution < 1.29 is 18.0 Å². The maximum Gasteiger partial charge on any atom is 0.416 e. The summed E-state index contributed by atoms with van der Waals surface area (Å²) in [4.78, 5) is 16.4. The minimum atomic E-state index is -4.44. The number of amides is 1. The van der Waals surface area contributed by atoms with Gasteiger partial charge in [-0.25, -0.2) is 4.98 Å². The first-order valence-electron chi connectivity index (χ1n) is 7.13. The van der Waals surface area contributed by atoms with Crippen LogP contribution in [-0.2, 0) is 6.18 Å². The number of carbonyl (C=O) groups is 1. The molecule has 0 unspecified atom stereocenters. The molecular weight excluding hydrogens is 408 g/mol. The first-order chi connectivity index (χ1) is 12.2. The maximum absolute atomic E-state index is 12.8. The molecule has 0 aliphatic carbocycles. The lowest BCUT2D eigenvalue weighted by Crippen LogP contribution is -2.12. The van der Waals surface area contributed by atoms with E-state index in [4.69, 9.17) is 23.2 Å². The van der Waals surface area contributed by atoms with E-state index >= 15 is 0 Å². The Balaban J connectivity index is 1.82. The smallest absolute Gasteiger partial charge is 0.298 e. The van der Waals surface area contributed by atoms with E-state index in [0.717, 1.165) is 23.5 Å². The van der Waals surface area contributed by atoms with Gasteiger partial charge in [-0.3, -0.25) is 10.1 Å². The van der Waals surface area contributed by atoms with Crippen molar-refractivity contribution in [2.45, 2.75) is 6.18 Å². The molecule has 0 atom stereocenters. The van der Waals surface area contributed by atoms with Crippen molar-refractivity contribution in [2.75, 3.05) is 5.32 Å². The molecule has 1 heterocycles. The van der Waals surface area contributed by atoms with Crippen molar-refractivity contribution in [1.29, 1.82) is 0 Å². The second kappa shape index (κ2) is 7.26. The summed E-state index contributed by atoms with van der Waals surface area (Å²) in [5.74, 6) is -0.512. The SMILES string of the molecule is O=C(Nc1nc(-c2cccc(C(F)(F)F)c2)cs1)c1cc(Cl)ccc1Cl. The van der Waals surface area contributed by atoms with E-state index in [9.17, 15) is 18.0 Å². The zero-order valence-electron chi connectivity index (χ0n) is 12.8. The highest BCUT2D eigenvalue weighted by Gasteiger charge is 2.30. The van der Waals surface area contributed by atoms with Crippen LogP contribution in [0.1, 0.15) is 15.9 Å². The molecule has 3 nitrogen and oxygen atoms in total. The third-order valence-corrected chi connectivity index (χ3v) is 4.71. The number of aromatic nitrogens is 1. The number of benzene rings is 2. The maximum atomic E-state index is 12.8. The standard InChI is InChI=1S/C17H9Cl2F3N2OS/c18-11-4-5-13(19)12(7-11)15(25)24-16-23-14(8-26-16)9-2-1-3-10(6-9)17(20,21)22/h1-8H,(H,23,24,25). The second-order valence-corrected chi connectivity index (χ2v) is 6.90. The van der Waals surface area contributed by atoms with Crippen molar-refractivity contribution in [3.05, 3.63) is 69.0 Å². The average molecular weight is 417 g/mol. The molecule has 3 aromatic rings. The third-order valence-electron chi connectivity index (χ3n) is 3.38. The molecule has 3 rings (SSSR count). The molecule has 9 heteroatoms. The number of halogens is 5. The Morgan fingerprint density at radius 2 is 1.88 bits per heavy atom. The van der Waals surface area contributed by atoms with E-state index in [2.05, 4.69) is 10.3 Å². The Morgan fingerprint density at radius 3 is 2.62 bits per heavy atom. The minimum absolute atomic E-state index is 0.176. The van der Waals surface area contributed by atoms with Crippen LogP contribution < -0.4 is 5.32 Å². The average Bonchev–Trinajstić information content (AvgIpc) is 3.05. The highest BCUT2D eigenvalue weighted by atomic mass is 35.5. The van der Waals surface area contributed by atoms with Crippen LogP contribution in [-0.4, -0.2) is 10.9 Å². The summed E-state index contributed by atoms with van der Waals surface area (Å²) in [6.07, 6.45) is -4.44. The lowest BCUT2D eigenvalue weighted by molar-refractivity contribution is -0.137. The first kappa shape index (κ1) is 18.7. The molecule has 1 amide bonds. The second-order valence-electron chi connectivity index (χ2n) is 5.19. The summed E-state index contributed by atoms with van der Waals surface area (Å²) in [5, 5.41) is 4.93. The molecule has 0 aliphatic heterocycles. The summed E-state index contributed by atoms with van der Waals surface area (Å²) in [7, 11) is 0.